The number of hydrogen-bond donors (Lipinski definition) is 1. The normalized spacial score (nSPS) is 12.5. The maximum absolute atomic E-state index is 12.5. The molecule has 0 aliphatic carbocycles. The van der Waals surface area contributed by atoms with Gasteiger partial charge < -0.3 is 24.4 Å². The zero-order valence-electron chi connectivity index (χ0n) is 18.5. The van der Waals surface area contributed by atoms with E-state index in [1.807, 2.05) is 18.2 Å². The van der Waals surface area contributed by atoms with E-state index >= 15 is 0 Å². The molecule has 7 nitrogen and oxygen atoms in total. The van der Waals surface area contributed by atoms with Crippen LogP contribution in [0.2, 0.25) is 0 Å². The Morgan fingerprint density at radius 1 is 1.03 bits per heavy atom. The first-order chi connectivity index (χ1) is 16.1. The largest absolute Gasteiger partial charge is 0.497 e. The van der Waals surface area contributed by atoms with Gasteiger partial charge in [0.2, 0.25) is 0 Å². The van der Waals surface area contributed by atoms with Crippen LogP contribution in [0.4, 0.5) is 11.4 Å². The van der Waals surface area contributed by atoms with Crippen LogP contribution in [-0.4, -0.2) is 38.7 Å². The molecule has 33 heavy (non-hydrogen) atoms. The highest BCUT2D eigenvalue weighted by molar-refractivity contribution is 5.99. The lowest BCUT2D eigenvalue weighted by Gasteiger charge is -2.30. The first-order valence-electron chi connectivity index (χ1n) is 10.8. The van der Waals surface area contributed by atoms with Crippen LogP contribution in [0.3, 0.4) is 0 Å². The third kappa shape index (κ3) is 5.83. The average Bonchev–Trinajstić information content (AvgIpc) is 2.85. The number of fused-ring (bicyclic) bond motifs is 1. The average molecular weight is 447 g/mol. The number of ether oxygens (including phenoxy) is 3. The van der Waals surface area contributed by atoms with Crippen LogP contribution in [0.15, 0.2) is 72.8 Å². The Morgan fingerprint density at radius 2 is 1.85 bits per heavy atom. The topological polar surface area (TPSA) is 77.1 Å². The number of carbonyl (C=O) groups is 2. The Bertz CT molecular complexity index is 1120. The SMILES string of the molecule is COc1cccc(OCC(=O)Nc2ccc3c(c2)N(CCCc2ccccc2)C(=O)CO3)c1. The number of amides is 2. The fraction of sp³-hybridized carbons (Fsp3) is 0.231. The van der Waals surface area contributed by atoms with Crippen molar-refractivity contribution in [1.82, 2.24) is 0 Å². The van der Waals surface area contributed by atoms with Gasteiger partial charge in [0.25, 0.3) is 11.8 Å². The molecule has 0 spiro atoms. The number of rotatable bonds is 9. The maximum atomic E-state index is 12.5. The molecule has 0 fully saturated rings. The van der Waals surface area contributed by atoms with Crippen LogP contribution in [0.5, 0.6) is 17.2 Å². The van der Waals surface area contributed by atoms with Crippen molar-refractivity contribution in [2.24, 2.45) is 0 Å². The smallest absolute Gasteiger partial charge is 0.265 e. The van der Waals surface area contributed by atoms with Gasteiger partial charge >= 0.3 is 0 Å². The van der Waals surface area contributed by atoms with Gasteiger partial charge in [-0.25, -0.2) is 0 Å². The minimum atomic E-state index is -0.309. The molecule has 170 valence electrons. The molecule has 2 amide bonds. The van der Waals surface area contributed by atoms with Gasteiger partial charge in [0.15, 0.2) is 13.2 Å². The number of aryl methyl sites for hydroxylation is 1. The molecule has 0 aromatic heterocycles. The van der Waals surface area contributed by atoms with Crippen molar-refractivity contribution in [3.8, 4) is 17.2 Å². The van der Waals surface area contributed by atoms with Crippen molar-refractivity contribution >= 4 is 23.2 Å². The number of hydrogen-bond acceptors (Lipinski definition) is 5. The predicted octanol–water partition coefficient (Wildman–Crippen LogP) is 4.07. The summed E-state index contributed by atoms with van der Waals surface area (Å²) in [4.78, 5) is 26.7. The number of methoxy groups -OCH3 is 1. The zero-order chi connectivity index (χ0) is 23.0. The molecule has 1 aliphatic rings. The number of anilines is 2. The summed E-state index contributed by atoms with van der Waals surface area (Å²) in [6.07, 6.45) is 1.69. The summed E-state index contributed by atoms with van der Waals surface area (Å²) < 4.78 is 16.3. The summed E-state index contributed by atoms with van der Waals surface area (Å²) in [5, 5.41) is 2.82. The Labute approximate surface area is 192 Å². The standard InChI is InChI=1S/C26H26N2O5/c1-31-21-10-5-11-22(16-21)32-17-25(29)27-20-12-13-24-23(15-20)28(26(30)18-33-24)14-6-9-19-7-3-2-4-8-19/h2-5,7-8,10-13,15-16H,6,9,14,17-18H2,1H3,(H,27,29). The van der Waals surface area contributed by atoms with Crippen LogP contribution in [0, 0.1) is 0 Å². The molecule has 1 N–H and O–H groups in total. The fourth-order valence-electron chi connectivity index (χ4n) is 3.65. The number of nitrogens with one attached hydrogen (secondary N) is 1. The van der Waals surface area contributed by atoms with E-state index in [4.69, 9.17) is 14.2 Å². The maximum Gasteiger partial charge on any atom is 0.265 e. The Balaban J connectivity index is 1.38. The van der Waals surface area contributed by atoms with Gasteiger partial charge in [-0.2, -0.15) is 0 Å². The van der Waals surface area contributed by atoms with E-state index in [2.05, 4.69) is 17.4 Å². The summed E-state index contributed by atoms with van der Waals surface area (Å²) in [6.45, 7) is 0.430. The van der Waals surface area contributed by atoms with Crippen LogP contribution >= 0.6 is 0 Å². The first kappa shape index (κ1) is 22.2. The van der Waals surface area contributed by atoms with Gasteiger partial charge in [0, 0.05) is 18.3 Å². The number of benzene rings is 3. The van der Waals surface area contributed by atoms with Gasteiger partial charge in [-0.1, -0.05) is 36.4 Å². The Kier molecular flexibility index (Phi) is 7.09. The van der Waals surface area contributed by atoms with Crippen molar-refractivity contribution in [3.05, 3.63) is 78.4 Å². The van der Waals surface area contributed by atoms with Gasteiger partial charge in [0.1, 0.15) is 17.2 Å². The molecular formula is C26H26N2O5. The second-order valence-corrected chi connectivity index (χ2v) is 7.62. The van der Waals surface area contributed by atoms with E-state index in [1.165, 1.54) is 5.56 Å². The Hall–Kier alpha value is -4.00. The second-order valence-electron chi connectivity index (χ2n) is 7.62. The molecule has 0 bridgehead atoms. The van der Waals surface area contributed by atoms with Crippen LogP contribution in [-0.2, 0) is 16.0 Å². The summed E-state index contributed by atoms with van der Waals surface area (Å²) in [5.74, 6) is 1.41. The molecule has 0 unspecified atom stereocenters. The molecule has 3 aromatic carbocycles. The molecule has 0 saturated heterocycles. The van der Waals surface area contributed by atoms with E-state index in [1.54, 1.807) is 54.5 Å². The van der Waals surface area contributed by atoms with Crippen LogP contribution in [0.1, 0.15) is 12.0 Å². The quantitative estimate of drug-likeness (QED) is 0.536. The number of nitrogens with zero attached hydrogens (tertiary/aromatic N) is 1. The molecule has 4 rings (SSSR count). The third-order valence-corrected chi connectivity index (χ3v) is 5.29. The summed E-state index contributed by atoms with van der Waals surface area (Å²) in [6, 6.07) is 22.5. The van der Waals surface area contributed by atoms with Gasteiger partial charge in [-0.3, -0.25) is 9.59 Å². The van der Waals surface area contributed by atoms with Crippen molar-refractivity contribution in [2.75, 3.05) is 37.1 Å². The summed E-state index contributed by atoms with van der Waals surface area (Å²) >= 11 is 0. The minimum absolute atomic E-state index is 0.0123. The van der Waals surface area contributed by atoms with E-state index in [9.17, 15) is 9.59 Å². The molecule has 1 heterocycles. The summed E-state index contributed by atoms with van der Waals surface area (Å²) in [7, 11) is 1.57. The van der Waals surface area contributed by atoms with Crippen LogP contribution < -0.4 is 24.4 Å². The van der Waals surface area contributed by atoms with Crippen LogP contribution in [0.25, 0.3) is 0 Å². The fourth-order valence-corrected chi connectivity index (χ4v) is 3.65. The molecule has 3 aromatic rings. The first-order valence-corrected chi connectivity index (χ1v) is 10.8. The van der Waals surface area contributed by atoms with E-state index in [0.717, 1.165) is 12.8 Å². The molecule has 0 radical (unpaired) electrons. The molecule has 0 atom stereocenters. The van der Waals surface area contributed by atoms with E-state index < -0.39 is 0 Å². The van der Waals surface area contributed by atoms with Gasteiger partial charge in [-0.15, -0.1) is 0 Å². The minimum Gasteiger partial charge on any atom is -0.497 e. The lowest BCUT2D eigenvalue weighted by atomic mass is 10.1. The lowest BCUT2D eigenvalue weighted by molar-refractivity contribution is -0.121. The van der Waals surface area contributed by atoms with Gasteiger partial charge in [0.05, 0.1) is 12.8 Å². The lowest BCUT2D eigenvalue weighted by Crippen LogP contribution is -2.39. The monoisotopic (exact) mass is 446 g/mol. The summed E-state index contributed by atoms with van der Waals surface area (Å²) in [5.41, 5.74) is 2.46. The van der Waals surface area contributed by atoms with E-state index in [-0.39, 0.29) is 25.0 Å². The zero-order valence-corrected chi connectivity index (χ0v) is 18.5. The molecular weight excluding hydrogens is 420 g/mol. The van der Waals surface area contributed by atoms with E-state index in [0.29, 0.717) is 35.2 Å². The molecule has 7 heteroatoms. The van der Waals surface area contributed by atoms with Crippen molar-refractivity contribution in [3.63, 3.8) is 0 Å². The van der Waals surface area contributed by atoms with Crippen molar-refractivity contribution in [2.45, 2.75) is 12.8 Å². The highest BCUT2D eigenvalue weighted by atomic mass is 16.5. The second kappa shape index (κ2) is 10.5. The van der Waals surface area contributed by atoms with Crippen molar-refractivity contribution < 1.29 is 23.8 Å². The molecule has 1 aliphatic heterocycles. The highest BCUT2D eigenvalue weighted by Gasteiger charge is 2.25. The van der Waals surface area contributed by atoms with Crippen molar-refractivity contribution in [1.29, 1.82) is 0 Å². The number of carbonyl (C=O) groups excluding carboxylic acids is 2. The van der Waals surface area contributed by atoms with Gasteiger partial charge in [-0.05, 0) is 48.7 Å². The third-order valence-electron chi connectivity index (χ3n) is 5.29. The Morgan fingerprint density at radius 3 is 2.67 bits per heavy atom. The predicted molar refractivity (Wildman–Crippen MR) is 126 cm³/mol. The molecule has 0 saturated carbocycles. The highest BCUT2D eigenvalue weighted by Crippen LogP contribution is 2.34.